The Morgan fingerprint density at radius 3 is 2.53 bits per heavy atom. The van der Waals surface area contributed by atoms with E-state index in [2.05, 4.69) is 26.5 Å². The summed E-state index contributed by atoms with van der Waals surface area (Å²) < 4.78 is 0.901. The van der Waals surface area contributed by atoms with E-state index in [9.17, 15) is 4.79 Å². The summed E-state index contributed by atoms with van der Waals surface area (Å²) in [6, 6.07) is 13.5. The van der Waals surface area contributed by atoms with Crippen molar-refractivity contribution in [2.24, 2.45) is 5.10 Å². The number of aromatic hydroxyl groups is 1. The monoisotopic (exact) mass is 318 g/mol. The SMILES string of the molecule is O=C(N/N=C\c1ccccc1Br)c1ccc(O)cc1. The van der Waals surface area contributed by atoms with E-state index in [1.165, 1.54) is 24.3 Å². The first-order valence-electron chi connectivity index (χ1n) is 5.54. The fraction of sp³-hybridized carbons (Fsp3) is 0. The zero-order valence-electron chi connectivity index (χ0n) is 9.88. The second kappa shape index (κ2) is 6.15. The smallest absolute Gasteiger partial charge is 0.271 e. The van der Waals surface area contributed by atoms with Crippen LogP contribution in [0.25, 0.3) is 0 Å². The Hall–Kier alpha value is -2.14. The Bertz CT molecular complexity index is 609. The molecule has 0 unspecified atom stereocenters. The Morgan fingerprint density at radius 1 is 1.16 bits per heavy atom. The summed E-state index contributed by atoms with van der Waals surface area (Å²) in [5.74, 6) is -0.212. The average Bonchev–Trinajstić information content (AvgIpc) is 2.41. The van der Waals surface area contributed by atoms with Crippen LogP contribution in [0.15, 0.2) is 58.1 Å². The van der Waals surface area contributed by atoms with Crippen molar-refractivity contribution >= 4 is 28.1 Å². The number of halogens is 1. The van der Waals surface area contributed by atoms with E-state index < -0.39 is 0 Å². The molecule has 2 aromatic rings. The first kappa shape index (κ1) is 13.3. The number of phenols is 1. The van der Waals surface area contributed by atoms with Crippen molar-refractivity contribution in [3.05, 3.63) is 64.1 Å². The van der Waals surface area contributed by atoms with Gasteiger partial charge in [-0.25, -0.2) is 5.43 Å². The summed E-state index contributed by atoms with van der Waals surface area (Å²) in [5, 5.41) is 13.0. The third-order valence-electron chi connectivity index (χ3n) is 2.40. The number of rotatable bonds is 3. The van der Waals surface area contributed by atoms with Crippen LogP contribution in [0.5, 0.6) is 5.75 Å². The summed E-state index contributed by atoms with van der Waals surface area (Å²) >= 11 is 3.38. The van der Waals surface area contributed by atoms with Gasteiger partial charge in [-0.3, -0.25) is 4.79 Å². The molecule has 2 N–H and O–H groups in total. The fourth-order valence-electron chi connectivity index (χ4n) is 1.42. The van der Waals surface area contributed by atoms with Crippen molar-refractivity contribution in [3.8, 4) is 5.75 Å². The van der Waals surface area contributed by atoms with Gasteiger partial charge in [0, 0.05) is 15.6 Å². The fourth-order valence-corrected chi connectivity index (χ4v) is 1.80. The zero-order chi connectivity index (χ0) is 13.7. The molecule has 0 aliphatic heterocycles. The van der Waals surface area contributed by atoms with Gasteiger partial charge in [-0.05, 0) is 30.3 Å². The number of amides is 1. The molecule has 2 aromatic carbocycles. The standard InChI is InChI=1S/C14H11BrN2O2/c15-13-4-2-1-3-11(13)9-16-17-14(19)10-5-7-12(18)8-6-10/h1-9,18H,(H,17,19)/b16-9-. The minimum Gasteiger partial charge on any atom is -0.508 e. The van der Waals surface area contributed by atoms with E-state index in [1.807, 2.05) is 24.3 Å². The molecule has 0 saturated heterocycles. The van der Waals surface area contributed by atoms with Gasteiger partial charge in [0.1, 0.15) is 5.75 Å². The van der Waals surface area contributed by atoms with Gasteiger partial charge < -0.3 is 5.11 Å². The van der Waals surface area contributed by atoms with E-state index in [-0.39, 0.29) is 11.7 Å². The van der Waals surface area contributed by atoms with Crippen LogP contribution in [0.4, 0.5) is 0 Å². The average molecular weight is 319 g/mol. The minimum absolute atomic E-state index is 0.119. The van der Waals surface area contributed by atoms with E-state index in [0.717, 1.165) is 10.0 Å². The molecule has 0 saturated carbocycles. The van der Waals surface area contributed by atoms with Crippen LogP contribution in [0.2, 0.25) is 0 Å². The summed E-state index contributed by atoms with van der Waals surface area (Å²) in [5.41, 5.74) is 3.72. The first-order valence-corrected chi connectivity index (χ1v) is 6.33. The maximum absolute atomic E-state index is 11.7. The normalized spacial score (nSPS) is 10.6. The molecule has 0 atom stereocenters. The van der Waals surface area contributed by atoms with Crippen molar-refractivity contribution < 1.29 is 9.90 Å². The van der Waals surface area contributed by atoms with E-state index in [1.54, 1.807) is 6.21 Å². The number of carbonyl (C=O) groups excluding carboxylic acids is 1. The molecule has 0 aliphatic carbocycles. The van der Waals surface area contributed by atoms with Crippen molar-refractivity contribution in [3.63, 3.8) is 0 Å². The zero-order valence-corrected chi connectivity index (χ0v) is 11.5. The van der Waals surface area contributed by atoms with Crippen LogP contribution in [0.3, 0.4) is 0 Å². The molecule has 0 fully saturated rings. The first-order chi connectivity index (χ1) is 9.16. The Labute approximate surface area is 118 Å². The molecule has 4 nitrogen and oxygen atoms in total. The number of hydrogen-bond acceptors (Lipinski definition) is 3. The number of nitrogens with zero attached hydrogens (tertiary/aromatic N) is 1. The molecule has 0 aliphatic rings. The number of hydrazone groups is 1. The topological polar surface area (TPSA) is 61.7 Å². The van der Waals surface area contributed by atoms with Gasteiger partial charge in [-0.1, -0.05) is 34.1 Å². The van der Waals surface area contributed by atoms with Gasteiger partial charge in [0.25, 0.3) is 5.91 Å². The van der Waals surface area contributed by atoms with Gasteiger partial charge >= 0.3 is 0 Å². The lowest BCUT2D eigenvalue weighted by atomic mass is 10.2. The highest BCUT2D eigenvalue weighted by atomic mass is 79.9. The quantitative estimate of drug-likeness (QED) is 0.675. The number of phenolic OH excluding ortho intramolecular Hbond substituents is 1. The lowest BCUT2D eigenvalue weighted by molar-refractivity contribution is 0.0955. The second-order valence-corrected chi connectivity index (χ2v) is 4.62. The Kier molecular flexibility index (Phi) is 4.30. The second-order valence-electron chi connectivity index (χ2n) is 3.77. The summed E-state index contributed by atoms with van der Waals surface area (Å²) in [4.78, 5) is 11.7. The van der Waals surface area contributed by atoms with Crippen LogP contribution in [-0.2, 0) is 0 Å². The van der Waals surface area contributed by atoms with Gasteiger partial charge in [0.2, 0.25) is 0 Å². The molecule has 2 rings (SSSR count). The molecule has 0 heterocycles. The van der Waals surface area contributed by atoms with Crippen molar-refractivity contribution in [1.82, 2.24) is 5.43 Å². The molecule has 0 bridgehead atoms. The lowest BCUT2D eigenvalue weighted by Gasteiger charge is -2.00. The van der Waals surface area contributed by atoms with Crippen LogP contribution in [0, 0.1) is 0 Å². The number of nitrogens with one attached hydrogen (secondary N) is 1. The predicted octanol–water partition coefficient (Wildman–Crippen LogP) is 2.92. The van der Waals surface area contributed by atoms with Gasteiger partial charge in [-0.2, -0.15) is 5.10 Å². The van der Waals surface area contributed by atoms with Crippen molar-refractivity contribution in [1.29, 1.82) is 0 Å². The molecular formula is C14H11BrN2O2. The van der Waals surface area contributed by atoms with Gasteiger partial charge in [0.05, 0.1) is 6.21 Å². The largest absolute Gasteiger partial charge is 0.508 e. The number of benzene rings is 2. The molecular weight excluding hydrogens is 308 g/mol. The molecule has 96 valence electrons. The highest BCUT2D eigenvalue weighted by molar-refractivity contribution is 9.10. The highest BCUT2D eigenvalue weighted by Gasteiger charge is 2.03. The van der Waals surface area contributed by atoms with E-state index >= 15 is 0 Å². The summed E-state index contributed by atoms with van der Waals surface area (Å²) in [6.07, 6.45) is 1.56. The summed E-state index contributed by atoms with van der Waals surface area (Å²) in [6.45, 7) is 0. The van der Waals surface area contributed by atoms with Crippen LogP contribution in [0.1, 0.15) is 15.9 Å². The predicted molar refractivity (Wildman–Crippen MR) is 77.3 cm³/mol. The molecule has 0 spiro atoms. The Balaban J connectivity index is 2.01. The minimum atomic E-state index is -0.330. The van der Waals surface area contributed by atoms with Crippen LogP contribution < -0.4 is 5.43 Å². The third-order valence-corrected chi connectivity index (χ3v) is 3.13. The molecule has 1 amide bonds. The van der Waals surface area contributed by atoms with Crippen molar-refractivity contribution in [2.75, 3.05) is 0 Å². The highest BCUT2D eigenvalue weighted by Crippen LogP contribution is 2.13. The Morgan fingerprint density at radius 2 is 1.84 bits per heavy atom. The molecule has 5 heteroatoms. The number of hydrogen-bond donors (Lipinski definition) is 2. The van der Waals surface area contributed by atoms with Crippen LogP contribution in [-0.4, -0.2) is 17.2 Å². The lowest BCUT2D eigenvalue weighted by Crippen LogP contribution is -2.17. The van der Waals surface area contributed by atoms with Crippen LogP contribution >= 0.6 is 15.9 Å². The van der Waals surface area contributed by atoms with Gasteiger partial charge in [0.15, 0.2) is 0 Å². The molecule has 0 aromatic heterocycles. The third kappa shape index (κ3) is 3.66. The van der Waals surface area contributed by atoms with E-state index in [0.29, 0.717) is 5.56 Å². The molecule has 19 heavy (non-hydrogen) atoms. The summed E-state index contributed by atoms with van der Waals surface area (Å²) in [7, 11) is 0. The van der Waals surface area contributed by atoms with Crippen molar-refractivity contribution in [2.45, 2.75) is 0 Å². The maximum Gasteiger partial charge on any atom is 0.271 e. The van der Waals surface area contributed by atoms with E-state index in [4.69, 9.17) is 5.11 Å². The maximum atomic E-state index is 11.7. The van der Waals surface area contributed by atoms with Gasteiger partial charge in [-0.15, -0.1) is 0 Å². The molecule has 0 radical (unpaired) electrons. The number of carbonyl (C=O) groups is 1.